The van der Waals surface area contributed by atoms with E-state index in [1.165, 1.54) is 11.3 Å². The van der Waals surface area contributed by atoms with E-state index >= 15 is 0 Å². The van der Waals surface area contributed by atoms with Crippen molar-refractivity contribution in [3.05, 3.63) is 52.5 Å². The van der Waals surface area contributed by atoms with E-state index in [-0.39, 0.29) is 65.9 Å². The average Bonchev–Trinajstić information content (AvgIpc) is 3.90. The third kappa shape index (κ3) is 12.6. The highest BCUT2D eigenvalue weighted by atomic mass is 32.1. The summed E-state index contributed by atoms with van der Waals surface area (Å²) in [7, 11) is 6.88. The lowest BCUT2D eigenvalue weighted by molar-refractivity contribution is -0.148. The van der Waals surface area contributed by atoms with Crippen LogP contribution in [0.4, 0.5) is 0 Å². The summed E-state index contributed by atoms with van der Waals surface area (Å²) in [5, 5.41) is 9.08. The van der Waals surface area contributed by atoms with Crippen LogP contribution in [0, 0.1) is 23.7 Å². The molecule has 1 saturated heterocycles. The van der Waals surface area contributed by atoms with Crippen molar-refractivity contribution in [2.45, 2.75) is 143 Å². The molecule has 1 aliphatic rings. The number of hydrogen-bond donors (Lipinski definition) is 2. The summed E-state index contributed by atoms with van der Waals surface area (Å²) in [4.78, 5) is 66.5. The summed E-state index contributed by atoms with van der Waals surface area (Å²) in [6.45, 7) is 18.5. The normalized spacial score (nSPS) is 18.9. The molecular formula is C44H72N6O6S. The van der Waals surface area contributed by atoms with Gasteiger partial charge in [-0.1, -0.05) is 85.2 Å². The topological polar surface area (TPSA) is 133 Å². The molecule has 2 aromatic rings. The number of nitrogens with one attached hydrogen (secondary N) is 2. The zero-order chi connectivity index (χ0) is 42.6. The Kier molecular flexibility index (Phi) is 19.1. The molecule has 1 aromatic heterocycles. The smallest absolute Gasteiger partial charge is 0.245 e. The number of aromatic nitrogens is 1. The molecule has 13 heteroatoms. The maximum atomic E-state index is 14.4. The summed E-state index contributed by atoms with van der Waals surface area (Å²) in [6, 6.07) is 7.96. The minimum atomic E-state index is -0.759. The van der Waals surface area contributed by atoms with Crippen LogP contribution in [-0.4, -0.2) is 121 Å². The number of likely N-dealkylation sites (N-methyl/N-ethyl adjacent to an activating group) is 2. The predicted molar refractivity (Wildman–Crippen MR) is 228 cm³/mol. The van der Waals surface area contributed by atoms with E-state index < -0.39 is 36.3 Å². The van der Waals surface area contributed by atoms with E-state index in [1.807, 2.05) is 87.2 Å². The number of nitrogens with zero attached hydrogens (tertiary/aromatic N) is 4. The second-order valence-corrected chi connectivity index (χ2v) is 17.8. The second kappa shape index (κ2) is 22.7. The lowest BCUT2D eigenvalue weighted by atomic mass is 9.89. The Morgan fingerprint density at radius 1 is 0.930 bits per heavy atom. The molecule has 1 aromatic carbocycles. The summed E-state index contributed by atoms with van der Waals surface area (Å²) in [5.74, 6) is -1.36. The van der Waals surface area contributed by atoms with E-state index in [9.17, 15) is 19.2 Å². The van der Waals surface area contributed by atoms with Crippen LogP contribution in [0.15, 0.2) is 41.9 Å². The number of likely N-dealkylation sites (tertiary alicyclic amines) is 1. The van der Waals surface area contributed by atoms with Crippen molar-refractivity contribution in [2.24, 2.45) is 23.7 Å². The third-order valence-corrected chi connectivity index (χ3v) is 12.9. The number of carbonyl (C=O) groups excluding carboxylic acids is 4. The van der Waals surface area contributed by atoms with Crippen LogP contribution in [0.3, 0.4) is 0 Å². The number of hydrogen-bond acceptors (Lipinski definition) is 9. The molecule has 9 atom stereocenters. The van der Waals surface area contributed by atoms with Crippen molar-refractivity contribution < 1.29 is 28.7 Å². The Hall–Kier alpha value is -3.39. The van der Waals surface area contributed by atoms with Gasteiger partial charge in [0.25, 0.3) is 0 Å². The van der Waals surface area contributed by atoms with Crippen molar-refractivity contribution in [3.8, 4) is 0 Å². The maximum Gasteiger partial charge on any atom is 0.245 e. The van der Waals surface area contributed by atoms with Crippen LogP contribution >= 0.6 is 11.3 Å². The monoisotopic (exact) mass is 813 g/mol. The second-order valence-electron chi connectivity index (χ2n) is 16.9. The van der Waals surface area contributed by atoms with Gasteiger partial charge in [0.2, 0.25) is 23.6 Å². The van der Waals surface area contributed by atoms with Gasteiger partial charge in [-0.3, -0.25) is 24.1 Å². The highest BCUT2D eigenvalue weighted by Gasteiger charge is 2.43. The SMILES string of the molecule is CCC(C)C(C(CC(=O)N1CCCC1C(OC)C(C)C(=O)NC(Cc1ccccc1)c1nccs1)OC)N(C)C(=O)C(NC(=O)C(C(C)C)N(C)C(C)C)C(C)C. The zero-order valence-corrected chi connectivity index (χ0v) is 37.7. The Labute approximate surface area is 346 Å². The molecule has 0 spiro atoms. The molecule has 12 nitrogen and oxygen atoms in total. The van der Waals surface area contributed by atoms with Crippen LogP contribution in [0.2, 0.25) is 0 Å². The fraction of sp³-hybridized carbons (Fsp3) is 0.705. The number of rotatable bonds is 22. The molecule has 57 heavy (non-hydrogen) atoms. The van der Waals surface area contributed by atoms with Crippen molar-refractivity contribution in [2.75, 3.05) is 34.9 Å². The van der Waals surface area contributed by atoms with Gasteiger partial charge in [0.1, 0.15) is 11.0 Å². The molecule has 1 aliphatic heterocycles. The number of thiazole rings is 1. The van der Waals surface area contributed by atoms with Gasteiger partial charge in [-0.2, -0.15) is 0 Å². The average molecular weight is 813 g/mol. The Bertz CT molecular complexity index is 1540. The van der Waals surface area contributed by atoms with Crippen molar-refractivity contribution in [1.29, 1.82) is 0 Å². The molecule has 0 saturated carbocycles. The third-order valence-electron chi connectivity index (χ3n) is 12.0. The largest absolute Gasteiger partial charge is 0.379 e. The molecular weight excluding hydrogens is 741 g/mol. The lowest BCUT2D eigenvalue weighted by Crippen LogP contribution is -2.60. The van der Waals surface area contributed by atoms with Crippen LogP contribution in [-0.2, 0) is 35.1 Å². The fourth-order valence-corrected chi connectivity index (χ4v) is 9.01. The van der Waals surface area contributed by atoms with E-state index in [0.717, 1.165) is 23.4 Å². The maximum absolute atomic E-state index is 14.4. The van der Waals surface area contributed by atoms with Crippen molar-refractivity contribution >= 4 is 35.0 Å². The fourth-order valence-electron chi connectivity index (χ4n) is 8.32. The quantitative estimate of drug-likeness (QED) is 0.149. The molecule has 0 bridgehead atoms. The Morgan fingerprint density at radius 2 is 1.60 bits per heavy atom. The number of carbonyl (C=O) groups is 4. The van der Waals surface area contributed by atoms with Gasteiger partial charge in [-0.05, 0) is 63.5 Å². The zero-order valence-electron chi connectivity index (χ0n) is 36.9. The highest BCUT2D eigenvalue weighted by molar-refractivity contribution is 7.09. The van der Waals surface area contributed by atoms with Crippen LogP contribution in [0.25, 0.3) is 0 Å². The molecule has 1 fully saturated rings. The van der Waals surface area contributed by atoms with E-state index in [1.54, 1.807) is 32.4 Å². The van der Waals surface area contributed by atoms with E-state index in [4.69, 9.17) is 9.47 Å². The number of benzene rings is 1. The predicted octanol–water partition coefficient (Wildman–Crippen LogP) is 5.97. The van der Waals surface area contributed by atoms with E-state index in [2.05, 4.69) is 43.3 Å². The van der Waals surface area contributed by atoms with Crippen molar-refractivity contribution in [3.63, 3.8) is 0 Å². The summed E-state index contributed by atoms with van der Waals surface area (Å²) in [5.41, 5.74) is 1.09. The first-order valence-corrected chi connectivity index (χ1v) is 21.7. The van der Waals surface area contributed by atoms with Gasteiger partial charge < -0.3 is 29.9 Å². The van der Waals surface area contributed by atoms with Crippen molar-refractivity contribution in [1.82, 2.24) is 30.3 Å². The highest BCUT2D eigenvalue weighted by Crippen LogP contribution is 2.30. The minimum Gasteiger partial charge on any atom is -0.379 e. The van der Waals surface area contributed by atoms with Crippen LogP contribution in [0.1, 0.15) is 105 Å². The lowest BCUT2D eigenvalue weighted by Gasteiger charge is -2.41. The Morgan fingerprint density at radius 3 is 2.12 bits per heavy atom. The van der Waals surface area contributed by atoms with Crippen LogP contribution in [0.5, 0.6) is 0 Å². The van der Waals surface area contributed by atoms with Gasteiger partial charge in [-0.25, -0.2) is 4.98 Å². The molecule has 320 valence electrons. The minimum absolute atomic E-state index is 0.0119. The summed E-state index contributed by atoms with van der Waals surface area (Å²) in [6.07, 6.45) is 3.48. The first kappa shape index (κ1) is 48.0. The molecule has 4 amide bonds. The van der Waals surface area contributed by atoms with E-state index in [0.29, 0.717) is 19.4 Å². The van der Waals surface area contributed by atoms with Gasteiger partial charge in [0.05, 0.1) is 48.7 Å². The summed E-state index contributed by atoms with van der Waals surface area (Å²) >= 11 is 1.51. The molecule has 0 aliphatic carbocycles. The standard InChI is InChI=1S/C44H72N6O6S/c1-14-30(8)39(49(11)44(54)37(27(2)3)47-42(53)38(28(4)5)48(10)29(6)7)35(55-12)26-36(51)50-23-18-21-34(50)40(56-13)31(9)41(52)46-33(43-45-22-24-57-43)25-32-19-16-15-17-20-32/h15-17,19-20,22,24,27-31,33-35,37-40H,14,18,21,23,25-26H2,1-13H3,(H,46,52)(H,47,53). The Balaban J connectivity index is 1.80. The number of ether oxygens (including phenoxy) is 2. The van der Waals surface area contributed by atoms with Gasteiger partial charge >= 0.3 is 0 Å². The van der Waals surface area contributed by atoms with Gasteiger partial charge in [-0.15, -0.1) is 11.3 Å². The first-order chi connectivity index (χ1) is 27.0. The number of amides is 4. The molecule has 2 heterocycles. The first-order valence-electron chi connectivity index (χ1n) is 20.9. The van der Waals surface area contributed by atoms with Gasteiger partial charge in [0, 0.05) is 45.4 Å². The molecule has 2 N–H and O–H groups in total. The number of methoxy groups -OCH3 is 2. The van der Waals surface area contributed by atoms with Gasteiger partial charge in [0.15, 0.2) is 0 Å². The molecule has 9 unspecified atom stereocenters. The molecule has 0 radical (unpaired) electrons. The van der Waals surface area contributed by atoms with Crippen LogP contribution < -0.4 is 10.6 Å². The summed E-state index contributed by atoms with van der Waals surface area (Å²) < 4.78 is 12.1. The molecule has 3 rings (SSSR count).